The zero-order valence-electron chi connectivity index (χ0n) is 10.4. The largest absolute Gasteiger partial charge is 0.353 e. The molecule has 0 radical (unpaired) electrons. The quantitative estimate of drug-likeness (QED) is 0.825. The molecule has 0 fully saturated rings. The Morgan fingerprint density at radius 1 is 1.17 bits per heavy atom. The summed E-state index contributed by atoms with van der Waals surface area (Å²) in [7, 11) is 2.04. The van der Waals surface area contributed by atoms with E-state index in [0.717, 1.165) is 25.1 Å². The van der Waals surface area contributed by atoms with Crippen LogP contribution in [0.5, 0.6) is 0 Å². The molecule has 0 unspecified atom stereocenters. The number of rotatable bonds is 5. The molecule has 18 heavy (non-hydrogen) atoms. The molecule has 1 N–H and O–H groups in total. The molecule has 1 heterocycles. The number of aromatic nitrogens is 1. The van der Waals surface area contributed by atoms with Gasteiger partial charge in [-0.15, -0.1) is 12.4 Å². The van der Waals surface area contributed by atoms with Crippen LogP contribution in [0.15, 0.2) is 42.6 Å². The number of aryl methyl sites for hydroxylation is 1. The van der Waals surface area contributed by atoms with Crippen molar-refractivity contribution in [2.45, 2.75) is 13.0 Å². The van der Waals surface area contributed by atoms with Crippen molar-refractivity contribution in [2.24, 2.45) is 7.05 Å². The Kier molecular flexibility index (Phi) is 5.89. The third-order valence-corrected chi connectivity index (χ3v) is 2.86. The highest BCUT2D eigenvalue weighted by Gasteiger charge is 1.97. The Bertz CT molecular complexity index is 465. The topological polar surface area (TPSA) is 17.0 Å². The van der Waals surface area contributed by atoms with Crippen LogP contribution in [0.4, 0.5) is 4.39 Å². The van der Waals surface area contributed by atoms with Crippen LogP contribution in [0.25, 0.3) is 0 Å². The third kappa shape index (κ3) is 4.17. The fourth-order valence-corrected chi connectivity index (χ4v) is 1.78. The molecule has 0 amide bonds. The lowest BCUT2D eigenvalue weighted by Gasteiger charge is -2.06. The Morgan fingerprint density at radius 3 is 2.50 bits per heavy atom. The van der Waals surface area contributed by atoms with E-state index < -0.39 is 0 Å². The van der Waals surface area contributed by atoms with E-state index in [1.807, 2.05) is 31.4 Å². The molecule has 1 aromatic carbocycles. The van der Waals surface area contributed by atoms with Crippen molar-refractivity contribution in [3.05, 3.63) is 59.7 Å². The van der Waals surface area contributed by atoms with Crippen molar-refractivity contribution in [1.29, 1.82) is 0 Å². The first-order valence-electron chi connectivity index (χ1n) is 5.81. The van der Waals surface area contributed by atoms with Crippen LogP contribution >= 0.6 is 12.4 Å². The van der Waals surface area contributed by atoms with E-state index in [-0.39, 0.29) is 18.2 Å². The molecule has 0 saturated carbocycles. The van der Waals surface area contributed by atoms with Crippen molar-refractivity contribution < 1.29 is 4.39 Å². The van der Waals surface area contributed by atoms with Crippen molar-refractivity contribution in [2.75, 3.05) is 6.54 Å². The van der Waals surface area contributed by atoms with E-state index in [0.29, 0.717) is 0 Å². The summed E-state index contributed by atoms with van der Waals surface area (Å²) in [6, 6.07) is 10.8. The molecule has 0 spiro atoms. The Morgan fingerprint density at radius 2 is 1.89 bits per heavy atom. The first-order chi connectivity index (χ1) is 8.25. The van der Waals surface area contributed by atoms with E-state index in [1.54, 1.807) is 0 Å². The highest BCUT2D eigenvalue weighted by atomic mass is 35.5. The highest BCUT2D eigenvalue weighted by Crippen LogP contribution is 2.03. The molecule has 0 bridgehead atoms. The summed E-state index contributed by atoms with van der Waals surface area (Å²) >= 11 is 0. The predicted octanol–water partition coefficient (Wildman–Crippen LogP) is 2.92. The van der Waals surface area contributed by atoms with Crippen molar-refractivity contribution in [3.8, 4) is 0 Å². The van der Waals surface area contributed by atoms with Crippen LogP contribution in [0, 0.1) is 5.82 Å². The van der Waals surface area contributed by atoms with Gasteiger partial charge in [0.2, 0.25) is 0 Å². The molecule has 98 valence electrons. The number of hydrogen-bond donors (Lipinski definition) is 1. The van der Waals surface area contributed by atoms with Gasteiger partial charge in [-0.25, -0.2) is 4.39 Å². The lowest BCUT2D eigenvalue weighted by molar-refractivity contribution is 0.625. The normalized spacial score (nSPS) is 10.1. The lowest BCUT2D eigenvalue weighted by Crippen LogP contribution is -2.18. The average molecular weight is 269 g/mol. The highest BCUT2D eigenvalue weighted by molar-refractivity contribution is 5.85. The molecular weight excluding hydrogens is 251 g/mol. The summed E-state index contributed by atoms with van der Waals surface area (Å²) in [6.45, 7) is 1.77. The molecular formula is C14H18ClFN2. The van der Waals surface area contributed by atoms with E-state index >= 15 is 0 Å². The number of halogens is 2. The minimum Gasteiger partial charge on any atom is -0.353 e. The van der Waals surface area contributed by atoms with Crippen LogP contribution in [0.3, 0.4) is 0 Å². The van der Waals surface area contributed by atoms with Gasteiger partial charge >= 0.3 is 0 Å². The Labute approximate surface area is 113 Å². The second-order valence-corrected chi connectivity index (χ2v) is 4.16. The summed E-state index contributed by atoms with van der Waals surface area (Å²) in [5, 5.41) is 3.38. The second kappa shape index (κ2) is 7.19. The minimum atomic E-state index is -0.175. The molecule has 0 aliphatic heterocycles. The number of benzene rings is 1. The zero-order chi connectivity index (χ0) is 12.1. The summed E-state index contributed by atoms with van der Waals surface area (Å²) in [6.07, 6.45) is 2.96. The maximum absolute atomic E-state index is 12.7. The fourth-order valence-electron chi connectivity index (χ4n) is 1.78. The lowest BCUT2D eigenvalue weighted by atomic mass is 10.1. The van der Waals surface area contributed by atoms with E-state index in [9.17, 15) is 4.39 Å². The van der Waals surface area contributed by atoms with Gasteiger partial charge in [0.25, 0.3) is 0 Å². The molecule has 0 atom stereocenters. The monoisotopic (exact) mass is 268 g/mol. The van der Waals surface area contributed by atoms with Gasteiger partial charge in [-0.2, -0.15) is 0 Å². The van der Waals surface area contributed by atoms with Gasteiger partial charge < -0.3 is 9.88 Å². The maximum atomic E-state index is 12.7. The Hall–Kier alpha value is -1.32. The molecule has 2 aromatic rings. The average Bonchev–Trinajstić information content (AvgIpc) is 2.73. The first kappa shape index (κ1) is 14.7. The molecule has 0 saturated heterocycles. The zero-order valence-corrected chi connectivity index (χ0v) is 11.2. The van der Waals surface area contributed by atoms with E-state index in [1.165, 1.54) is 17.8 Å². The van der Waals surface area contributed by atoms with E-state index in [4.69, 9.17) is 0 Å². The molecule has 0 aliphatic rings. The standard InChI is InChI=1S/C14H17FN2.ClH/c1-17-10-2-3-14(17)11-16-9-8-12-4-6-13(15)7-5-12;/h2-7,10,16H,8-9,11H2,1H3;1H. The number of hydrogen-bond acceptors (Lipinski definition) is 1. The number of nitrogens with zero attached hydrogens (tertiary/aromatic N) is 1. The minimum absolute atomic E-state index is 0. The van der Waals surface area contributed by atoms with Gasteiger partial charge in [-0.05, 0) is 42.8 Å². The van der Waals surface area contributed by atoms with Gasteiger partial charge in [-0.1, -0.05) is 12.1 Å². The molecule has 2 rings (SSSR count). The predicted molar refractivity (Wildman–Crippen MR) is 74.5 cm³/mol. The number of nitrogens with one attached hydrogen (secondary N) is 1. The van der Waals surface area contributed by atoms with Gasteiger partial charge in [0.15, 0.2) is 0 Å². The molecule has 2 nitrogen and oxygen atoms in total. The van der Waals surface area contributed by atoms with Crippen molar-refractivity contribution >= 4 is 12.4 Å². The second-order valence-electron chi connectivity index (χ2n) is 4.16. The van der Waals surface area contributed by atoms with Crippen molar-refractivity contribution in [3.63, 3.8) is 0 Å². The fraction of sp³-hybridized carbons (Fsp3) is 0.286. The van der Waals surface area contributed by atoms with Gasteiger partial charge in [0.05, 0.1) is 0 Å². The first-order valence-corrected chi connectivity index (χ1v) is 5.81. The summed E-state index contributed by atoms with van der Waals surface area (Å²) in [5.41, 5.74) is 2.43. The van der Waals surface area contributed by atoms with Gasteiger partial charge in [-0.3, -0.25) is 0 Å². The van der Waals surface area contributed by atoms with Crippen LogP contribution in [0.2, 0.25) is 0 Å². The smallest absolute Gasteiger partial charge is 0.123 e. The van der Waals surface area contributed by atoms with Crippen LogP contribution in [-0.4, -0.2) is 11.1 Å². The summed E-state index contributed by atoms with van der Waals surface area (Å²) < 4.78 is 14.8. The summed E-state index contributed by atoms with van der Waals surface area (Å²) in [4.78, 5) is 0. The van der Waals surface area contributed by atoms with Crippen LogP contribution in [-0.2, 0) is 20.0 Å². The third-order valence-electron chi connectivity index (χ3n) is 2.86. The van der Waals surface area contributed by atoms with Gasteiger partial charge in [0, 0.05) is 25.5 Å². The molecule has 4 heteroatoms. The Balaban J connectivity index is 0.00000162. The molecule has 1 aromatic heterocycles. The van der Waals surface area contributed by atoms with Crippen molar-refractivity contribution in [1.82, 2.24) is 9.88 Å². The van der Waals surface area contributed by atoms with Crippen LogP contribution in [0.1, 0.15) is 11.3 Å². The van der Waals surface area contributed by atoms with E-state index in [2.05, 4.69) is 16.0 Å². The SMILES string of the molecule is Cl.Cn1cccc1CNCCc1ccc(F)cc1. The summed E-state index contributed by atoms with van der Waals surface area (Å²) in [5.74, 6) is -0.175. The van der Waals surface area contributed by atoms with Crippen LogP contribution < -0.4 is 5.32 Å². The maximum Gasteiger partial charge on any atom is 0.123 e. The van der Waals surface area contributed by atoms with Gasteiger partial charge in [0.1, 0.15) is 5.82 Å². The molecule has 0 aliphatic carbocycles.